The van der Waals surface area contributed by atoms with Gasteiger partial charge in [0.2, 0.25) is 0 Å². The molecule has 1 aromatic heterocycles. The van der Waals surface area contributed by atoms with E-state index < -0.39 is 0 Å². The third kappa shape index (κ3) is 2.26. The van der Waals surface area contributed by atoms with Crippen molar-refractivity contribution in [2.24, 2.45) is 5.73 Å². The highest BCUT2D eigenvalue weighted by Gasteiger charge is 2.13. The zero-order chi connectivity index (χ0) is 13.1. The maximum absolute atomic E-state index is 6.37. The molecule has 94 valence electrons. The Labute approximate surface area is 111 Å². The van der Waals surface area contributed by atoms with Crippen LogP contribution in [0.1, 0.15) is 17.2 Å². The van der Waals surface area contributed by atoms with Gasteiger partial charge in [-0.05, 0) is 17.2 Å². The fraction of sp³-hybridized carbons (Fsp3) is 0.0667. The summed E-state index contributed by atoms with van der Waals surface area (Å²) in [6, 6.07) is 17.9. The van der Waals surface area contributed by atoms with E-state index in [2.05, 4.69) is 10.2 Å². The van der Waals surface area contributed by atoms with E-state index in [9.17, 15) is 0 Å². The van der Waals surface area contributed by atoms with Crippen LogP contribution in [-0.2, 0) is 0 Å². The molecule has 4 nitrogen and oxygen atoms in total. The summed E-state index contributed by atoms with van der Waals surface area (Å²) in [4.78, 5) is 0. The molecule has 0 fully saturated rings. The van der Waals surface area contributed by atoms with Gasteiger partial charge in [-0.15, -0.1) is 10.2 Å². The Balaban J connectivity index is 2.06. The maximum atomic E-state index is 6.37. The SMILES string of the molecule is NC(c1ccccc1)c1ccccc1-n1cnnc1. The second-order valence-electron chi connectivity index (χ2n) is 4.32. The average molecular weight is 250 g/mol. The molecule has 0 radical (unpaired) electrons. The first-order valence-corrected chi connectivity index (χ1v) is 6.11. The molecule has 1 unspecified atom stereocenters. The van der Waals surface area contributed by atoms with E-state index >= 15 is 0 Å². The fourth-order valence-electron chi connectivity index (χ4n) is 2.15. The first-order chi connectivity index (χ1) is 9.36. The molecule has 0 amide bonds. The van der Waals surface area contributed by atoms with Crippen LogP contribution in [0, 0.1) is 0 Å². The highest BCUT2D eigenvalue weighted by molar-refractivity contribution is 5.46. The van der Waals surface area contributed by atoms with E-state index in [4.69, 9.17) is 5.73 Å². The summed E-state index contributed by atoms with van der Waals surface area (Å²) in [5.74, 6) is 0. The third-order valence-electron chi connectivity index (χ3n) is 3.13. The molecule has 0 saturated carbocycles. The quantitative estimate of drug-likeness (QED) is 0.776. The van der Waals surface area contributed by atoms with Gasteiger partial charge in [-0.2, -0.15) is 0 Å². The minimum absolute atomic E-state index is 0.167. The van der Waals surface area contributed by atoms with Crippen molar-refractivity contribution in [1.29, 1.82) is 0 Å². The summed E-state index contributed by atoms with van der Waals surface area (Å²) in [6.07, 6.45) is 3.35. The van der Waals surface area contributed by atoms with Gasteiger partial charge in [0, 0.05) is 0 Å². The summed E-state index contributed by atoms with van der Waals surface area (Å²) < 4.78 is 1.87. The first-order valence-electron chi connectivity index (χ1n) is 6.11. The molecular formula is C15H14N4. The number of rotatable bonds is 3. The Kier molecular flexibility index (Phi) is 3.08. The maximum Gasteiger partial charge on any atom is 0.123 e. The van der Waals surface area contributed by atoms with Crippen LogP contribution in [-0.4, -0.2) is 14.8 Å². The fourth-order valence-corrected chi connectivity index (χ4v) is 2.15. The van der Waals surface area contributed by atoms with E-state index in [1.165, 1.54) is 0 Å². The average Bonchev–Trinajstić information content (AvgIpc) is 3.01. The number of aromatic nitrogens is 3. The van der Waals surface area contributed by atoms with Gasteiger partial charge >= 0.3 is 0 Å². The number of hydrogen-bond acceptors (Lipinski definition) is 3. The molecule has 2 aromatic carbocycles. The number of para-hydroxylation sites is 1. The minimum Gasteiger partial charge on any atom is -0.320 e. The van der Waals surface area contributed by atoms with Gasteiger partial charge in [-0.3, -0.25) is 4.57 Å². The predicted molar refractivity (Wildman–Crippen MR) is 73.8 cm³/mol. The predicted octanol–water partition coefficient (Wildman–Crippen LogP) is 2.32. The Hall–Kier alpha value is -2.46. The van der Waals surface area contributed by atoms with Crippen molar-refractivity contribution in [3.63, 3.8) is 0 Å². The molecule has 3 rings (SSSR count). The lowest BCUT2D eigenvalue weighted by atomic mass is 9.98. The lowest BCUT2D eigenvalue weighted by molar-refractivity contribution is 0.850. The Morgan fingerprint density at radius 1 is 0.842 bits per heavy atom. The third-order valence-corrected chi connectivity index (χ3v) is 3.13. The molecular weight excluding hydrogens is 236 g/mol. The zero-order valence-electron chi connectivity index (χ0n) is 10.3. The summed E-state index contributed by atoms with van der Waals surface area (Å²) >= 11 is 0. The number of hydrogen-bond donors (Lipinski definition) is 1. The van der Waals surface area contributed by atoms with Crippen LogP contribution in [0.4, 0.5) is 0 Å². The molecule has 0 aliphatic heterocycles. The van der Waals surface area contributed by atoms with Crippen LogP contribution >= 0.6 is 0 Å². The molecule has 0 aliphatic carbocycles. The standard InChI is InChI=1S/C15H14N4/c16-15(12-6-2-1-3-7-12)13-8-4-5-9-14(13)19-10-17-18-11-19/h1-11,15H,16H2. The van der Waals surface area contributed by atoms with Gasteiger partial charge in [0.25, 0.3) is 0 Å². The van der Waals surface area contributed by atoms with Crippen molar-refractivity contribution in [3.8, 4) is 5.69 Å². The van der Waals surface area contributed by atoms with Crippen LogP contribution in [0.5, 0.6) is 0 Å². The monoisotopic (exact) mass is 250 g/mol. The van der Waals surface area contributed by atoms with Gasteiger partial charge in [-0.1, -0.05) is 48.5 Å². The molecule has 2 N–H and O–H groups in total. The van der Waals surface area contributed by atoms with Gasteiger partial charge < -0.3 is 5.73 Å². The van der Waals surface area contributed by atoms with Crippen LogP contribution in [0.3, 0.4) is 0 Å². The topological polar surface area (TPSA) is 56.7 Å². The van der Waals surface area contributed by atoms with Gasteiger partial charge in [0.15, 0.2) is 0 Å². The van der Waals surface area contributed by atoms with Crippen LogP contribution in [0.2, 0.25) is 0 Å². The molecule has 1 atom stereocenters. The number of nitrogens with zero attached hydrogens (tertiary/aromatic N) is 3. The molecule has 0 aliphatic rings. The minimum atomic E-state index is -0.167. The highest BCUT2D eigenvalue weighted by Crippen LogP contribution is 2.24. The Bertz CT molecular complexity index is 647. The summed E-state index contributed by atoms with van der Waals surface area (Å²) in [5, 5.41) is 7.69. The van der Waals surface area contributed by atoms with Crippen molar-refractivity contribution in [2.75, 3.05) is 0 Å². The molecule has 0 spiro atoms. The number of nitrogens with two attached hydrogens (primary N) is 1. The van der Waals surface area contributed by atoms with Gasteiger partial charge in [0.1, 0.15) is 12.7 Å². The molecule has 0 bridgehead atoms. The summed E-state index contributed by atoms with van der Waals surface area (Å²) in [6.45, 7) is 0. The lowest BCUT2D eigenvalue weighted by Crippen LogP contribution is -2.14. The van der Waals surface area contributed by atoms with Gasteiger partial charge in [-0.25, -0.2) is 0 Å². The van der Waals surface area contributed by atoms with Crippen LogP contribution < -0.4 is 5.73 Å². The van der Waals surface area contributed by atoms with Crippen molar-refractivity contribution in [1.82, 2.24) is 14.8 Å². The van der Waals surface area contributed by atoms with Crippen molar-refractivity contribution in [3.05, 3.63) is 78.4 Å². The van der Waals surface area contributed by atoms with E-state index in [1.54, 1.807) is 12.7 Å². The van der Waals surface area contributed by atoms with E-state index in [-0.39, 0.29) is 6.04 Å². The second-order valence-corrected chi connectivity index (χ2v) is 4.32. The molecule has 4 heteroatoms. The normalized spacial score (nSPS) is 12.3. The van der Waals surface area contributed by atoms with Crippen LogP contribution in [0.15, 0.2) is 67.3 Å². The lowest BCUT2D eigenvalue weighted by Gasteiger charge is -2.16. The van der Waals surface area contributed by atoms with Crippen LogP contribution in [0.25, 0.3) is 5.69 Å². The molecule has 0 saturated heterocycles. The Morgan fingerprint density at radius 3 is 2.21 bits per heavy atom. The second kappa shape index (κ2) is 5.04. The zero-order valence-corrected chi connectivity index (χ0v) is 10.3. The van der Waals surface area contributed by atoms with Crippen molar-refractivity contribution < 1.29 is 0 Å². The largest absolute Gasteiger partial charge is 0.320 e. The first kappa shape index (κ1) is 11.6. The molecule has 1 heterocycles. The molecule has 19 heavy (non-hydrogen) atoms. The van der Waals surface area contributed by atoms with E-state index in [0.717, 1.165) is 16.8 Å². The summed E-state index contributed by atoms with van der Waals surface area (Å²) in [5.41, 5.74) is 9.51. The highest BCUT2D eigenvalue weighted by atomic mass is 15.2. The van der Waals surface area contributed by atoms with Gasteiger partial charge in [0.05, 0.1) is 11.7 Å². The van der Waals surface area contributed by atoms with Crippen molar-refractivity contribution in [2.45, 2.75) is 6.04 Å². The smallest absolute Gasteiger partial charge is 0.123 e. The summed E-state index contributed by atoms with van der Waals surface area (Å²) in [7, 11) is 0. The number of benzene rings is 2. The van der Waals surface area contributed by atoms with E-state index in [1.807, 2.05) is 59.2 Å². The van der Waals surface area contributed by atoms with Crippen molar-refractivity contribution >= 4 is 0 Å². The van der Waals surface area contributed by atoms with E-state index in [0.29, 0.717) is 0 Å². The molecule has 3 aromatic rings. The Morgan fingerprint density at radius 2 is 1.47 bits per heavy atom.